The van der Waals surface area contributed by atoms with Crippen LogP contribution in [0.15, 0.2) is 18.2 Å². The Morgan fingerprint density at radius 3 is 2.68 bits per heavy atom. The summed E-state index contributed by atoms with van der Waals surface area (Å²) in [5.74, 6) is 0.951. The first kappa shape index (κ1) is 20.9. The number of nitrogens with zero attached hydrogens (tertiary/aromatic N) is 1. The molecule has 3 nitrogen and oxygen atoms in total. The maximum Gasteiger partial charge on any atom is 0.227 e. The van der Waals surface area contributed by atoms with Crippen LogP contribution in [0.2, 0.25) is 0 Å². The molecular formula is C21H31NO2Y-2. The van der Waals surface area contributed by atoms with Crippen molar-refractivity contribution < 1.29 is 43.6 Å². The summed E-state index contributed by atoms with van der Waals surface area (Å²) >= 11 is 0. The second-order valence-corrected chi connectivity index (χ2v) is 6.79. The zero-order chi connectivity index (χ0) is 18.4. The van der Waals surface area contributed by atoms with Crippen molar-refractivity contribution in [3.8, 4) is 5.75 Å². The number of benzene rings is 1. The Bertz CT molecular complexity index is 585. The molecule has 3 rings (SSSR count). The van der Waals surface area contributed by atoms with Crippen LogP contribution >= 0.6 is 0 Å². The van der Waals surface area contributed by atoms with Gasteiger partial charge in [0.05, 0.1) is 13.0 Å². The number of fused-ring (bicyclic) bond motifs is 1. The van der Waals surface area contributed by atoms with Crippen LogP contribution in [0.1, 0.15) is 52.0 Å². The first-order chi connectivity index (χ1) is 12.0. The Morgan fingerprint density at radius 1 is 1.36 bits per heavy atom. The molecule has 1 fully saturated rings. The van der Waals surface area contributed by atoms with Crippen molar-refractivity contribution in [3.63, 3.8) is 0 Å². The van der Waals surface area contributed by atoms with Gasteiger partial charge in [-0.2, -0.15) is 13.3 Å². The largest absolute Gasteiger partial charge is 0.493 e. The van der Waals surface area contributed by atoms with Crippen molar-refractivity contribution >= 4 is 5.91 Å². The second-order valence-electron chi connectivity index (χ2n) is 6.79. The van der Waals surface area contributed by atoms with Crippen molar-refractivity contribution in [3.05, 3.63) is 43.2 Å². The summed E-state index contributed by atoms with van der Waals surface area (Å²) in [6.07, 6.45) is 3.78. The standard InChI is InChI=1S/C19H26NO2.C2H5.Y/c1-3-19(2)9-11-20(12-10-19)18(21)14-15-6-4-8-17-16(15)7-5-13-22-17;1-2;/h4,6,8H,1,3,5,7,9-14H2,2H3;1H2,2H3;/q2*-1;/i7D;;. The minimum atomic E-state index is -0.279. The molecule has 0 saturated carbocycles. The molecule has 1 unspecified atom stereocenters. The summed E-state index contributed by atoms with van der Waals surface area (Å²) in [4.78, 5) is 14.6. The molecule has 1 atom stereocenters. The van der Waals surface area contributed by atoms with E-state index in [1.165, 1.54) is 0 Å². The van der Waals surface area contributed by atoms with E-state index in [2.05, 4.69) is 20.8 Å². The van der Waals surface area contributed by atoms with Crippen molar-refractivity contribution in [1.82, 2.24) is 4.90 Å². The quantitative estimate of drug-likeness (QED) is 0.686. The SMILES string of the molecule is [2H]C1CCOc2cccc(CC(=O)N3CCC(C)(C[CH2-])CC3)c21.[CH2-]C.[Y]. The Balaban J connectivity index is 0.00000109. The third-order valence-corrected chi connectivity index (χ3v) is 5.15. The Labute approximate surface area is 180 Å². The fourth-order valence-corrected chi connectivity index (χ4v) is 3.29. The maximum atomic E-state index is 12.7. The van der Waals surface area contributed by atoms with Gasteiger partial charge in [0, 0.05) is 47.2 Å². The number of piperidine rings is 1. The third kappa shape index (κ3) is 5.79. The molecule has 137 valence electrons. The molecular weight excluding hydrogens is 387 g/mol. The van der Waals surface area contributed by atoms with Gasteiger partial charge in [0.25, 0.3) is 0 Å². The fraction of sp³-hybridized carbons (Fsp3) is 0.571. The van der Waals surface area contributed by atoms with E-state index in [1.54, 1.807) is 6.92 Å². The molecule has 0 aromatic heterocycles. The van der Waals surface area contributed by atoms with Gasteiger partial charge in [-0.15, -0.1) is 0 Å². The summed E-state index contributed by atoms with van der Waals surface area (Å²) < 4.78 is 13.9. The van der Waals surface area contributed by atoms with Crippen LogP contribution in [0.3, 0.4) is 0 Å². The fourth-order valence-electron chi connectivity index (χ4n) is 3.29. The Morgan fingerprint density at radius 2 is 2.04 bits per heavy atom. The van der Waals surface area contributed by atoms with Crippen molar-refractivity contribution in [2.45, 2.75) is 52.3 Å². The molecule has 0 aliphatic carbocycles. The van der Waals surface area contributed by atoms with E-state index in [1.807, 2.05) is 23.1 Å². The first-order valence-corrected chi connectivity index (χ1v) is 8.97. The molecule has 0 bridgehead atoms. The predicted octanol–water partition coefficient (Wildman–Crippen LogP) is 4.24. The molecule has 4 heteroatoms. The third-order valence-electron chi connectivity index (χ3n) is 5.15. The molecule has 0 N–H and O–H groups in total. The van der Waals surface area contributed by atoms with Crippen LogP contribution in [-0.2, 0) is 50.3 Å². The molecule has 2 aliphatic heterocycles. The van der Waals surface area contributed by atoms with Crippen LogP contribution in [0.25, 0.3) is 0 Å². The van der Waals surface area contributed by atoms with Crippen molar-refractivity contribution in [2.75, 3.05) is 19.7 Å². The maximum absolute atomic E-state index is 12.7. The van der Waals surface area contributed by atoms with Gasteiger partial charge in [0.1, 0.15) is 5.75 Å². The van der Waals surface area contributed by atoms with Gasteiger partial charge in [-0.05, 0) is 42.9 Å². The Kier molecular flexibility index (Phi) is 8.92. The van der Waals surface area contributed by atoms with Gasteiger partial charge in [0.15, 0.2) is 0 Å². The smallest absolute Gasteiger partial charge is 0.227 e. The molecule has 0 spiro atoms. The number of ether oxygens (including phenoxy) is 1. The zero-order valence-corrected chi connectivity index (χ0v) is 18.6. The van der Waals surface area contributed by atoms with E-state index < -0.39 is 0 Å². The molecule has 25 heavy (non-hydrogen) atoms. The normalized spacial score (nSPS) is 21.5. The van der Waals surface area contributed by atoms with E-state index in [0.29, 0.717) is 19.4 Å². The van der Waals surface area contributed by atoms with Gasteiger partial charge in [0.2, 0.25) is 5.91 Å². The predicted molar refractivity (Wildman–Crippen MR) is 98.9 cm³/mol. The minimum absolute atomic E-state index is 0. The summed E-state index contributed by atoms with van der Waals surface area (Å²) in [6, 6.07) is 5.80. The number of rotatable bonds is 3. The van der Waals surface area contributed by atoms with Crippen LogP contribution < -0.4 is 4.74 Å². The number of hydrogen-bond donors (Lipinski definition) is 0. The van der Waals surface area contributed by atoms with E-state index in [9.17, 15) is 4.79 Å². The van der Waals surface area contributed by atoms with E-state index in [-0.39, 0.29) is 50.4 Å². The molecule has 2 heterocycles. The summed E-state index contributed by atoms with van der Waals surface area (Å²) in [7, 11) is 0. The number of likely N-dealkylation sites (tertiary alicyclic amines) is 1. The van der Waals surface area contributed by atoms with E-state index >= 15 is 0 Å². The van der Waals surface area contributed by atoms with Gasteiger partial charge < -0.3 is 23.5 Å². The van der Waals surface area contributed by atoms with Crippen LogP contribution in [-0.4, -0.2) is 30.5 Å². The first-order valence-electron chi connectivity index (χ1n) is 9.55. The Hall–Kier alpha value is -0.406. The molecule has 1 radical (unpaired) electrons. The van der Waals surface area contributed by atoms with E-state index in [0.717, 1.165) is 49.2 Å². The molecule has 1 aromatic carbocycles. The number of carbonyl (C=O) groups excluding carboxylic acids is 1. The van der Waals surface area contributed by atoms with Crippen LogP contribution in [0.5, 0.6) is 5.75 Å². The second kappa shape index (κ2) is 10.7. The van der Waals surface area contributed by atoms with Gasteiger partial charge in [-0.3, -0.25) is 4.79 Å². The average molecular weight is 419 g/mol. The molecule has 2 aliphatic rings. The molecule has 1 saturated heterocycles. The monoisotopic (exact) mass is 419 g/mol. The van der Waals surface area contributed by atoms with Gasteiger partial charge in [-0.1, -0.05) is 24.5 Å². The molecule has 1 aromatic rings. The number of hydrogen-bond acceptors (Lipinski definition) is 2. The minimum Gasteiger partial charge on any atom is -0.493 e. The van der Waals surface area contributed by atoms with Gasteiger partial charge in [-0.25, -0.2) is 0 Å². The van der Waals surface area contributed by atoms with Crippen molar-refractivity contribution in [2.24, 2.45) is 5.41 Å². The number of carbonyl (C=O) groups is 1. The van der Waals surface area contributed by atoms with Crippen LogP contribution in [0, 0.1) is 19.3 Å². The van der Waals surface area contributed by atoms with Gasteiger partial charge >= 0.3 is 0 Å². The zero-order valence-electron chi connectivity index (χ0n) is 16.7. The number of amides is 1. The van der Waals surface area contributed by atoms with Crippen molar-refractivity contribution in [1.29, 1.82) is 0 Å². The summed E-state index contributed by atoms with van der Waals surface area (Å²) in [5, 5.41) is 0. The molecule has 1 amide bonds. The van der Waals surface area contributed by atoms with Crippen LogP contribution in [0.4, 0.5) is 0 Å². The summed E-state index contributed by atoms with van der Waals surface area (Å²) in [6.45, 7) is 13.5. The average Bonchev–Trinajstić information content (AvgIpc) is 2.64. The summed E-state index contributed by atoms with van der Waals surface area (Å²) in [5.41, 5.74) is 2.15. The topological polar surface area (TPSA) is 29.5 Å². The van der Waals surface area contributed by atoms with E-state index in [4.69, 9.17) is 6.11 Å².